The van der Waals surface area contributed by atoms with Crippen LogP contribution < -0.4 is 5.32 Å². The Kier molecular flexibility index (Phi) is 4.25. The number of carboxylic acid groups (broad SMARTS) is 1. The maximum Gasteiger partial charge on any atom is 0.305 e. The summed E-state index contributed by atoms with van der Waals surface area (Å²) < 4.78 is 27.0. The summed E-state index contributed by atoms with van der Waals surface area (Å²) >= 11 is 0. The summed E-state index contributed by atoms with van der Waals surface area (Å²) in [6, 6.07) is 2.65. The molecule has 1 aromatic rings. The van der Waals surface area contributed by atoms with E-state index in [2.05, 4.69) is 5.32 Å². The van der Waals surface area contributed by atoms with Gasteiger partial charge in [-0.25, -0.2) is 8.78 Å². The van der Waals surface area contributed by atoms with Gasteiger partial charge >= 0.3 is 5.97 Å². The molecule has 0 aromatic heterocycles. The molecular formula is C15H17F2NO3. The molecule has 0 heterocycles. The van der Waals surface area contributed by atoms with Gasteiger partial charge in [0.1, 0.15) is 11.6 Å². The fourth-order valence-electron chi connectivity index (χ4n) is 2.70. The molecule has 0 radical (unpaired) electrons. The lowest BCUT2D eigenvalue weighted by Gasteiger charge is -2.41. The van der Waals surface area contributed by atoms with Crippen molar-refractivity contribution in [3.8, 4) is 0 Å². The Labute approximate surface area is 121 Å². The second-order valence-electron chi connectivity index (χ2n) is 5.53. The smallest absolute Gasteiger partial charge is 0.305 e. The topological polar surface area (TPSA) is 66.4 Å². The normalized spacial score (nSPS) is 17.7. The predicted molar refractivity (Wildman–Crippen MR) is 71.7 cm³/mol. The van der Waals surface area contributed by atoms with Crippen LogP contribution in [0.1, 0.15) is 38.2 Å². The highest BCUT2D eigenvalue weighted by molar-refractivity contribution is 5.89. The fraction of sp³-hybridized carbons (Fsp3) is 0.467. The summed E-state index contributed by atoms with van der Waals surface area (Å²) in [7, 11) is 0. The van der Waals surface area contributed by atoms with Gasteiger partial charge < -0.3 is 10.4 Å². The van der Waals surface area contributed by atoms with Crippen molar-refractivity contribution in [3.63, 3.8) is 0 Å². The van der Waals surface area contributed by atoms with E-state index in [0.29, 0.717) is 12.8 Å². The summed E-state index contributed by atoms with van der Waals surface area (Å²) in [6.45, 7) is 1.58. The first-order valence-electron chi connectivity index (χ1n) is 6.83. The summed E-state index contributed by atoms with van der Waals surface area (Å²) in [5.41, 5.74) is -0.833. The van der Waals surface area contributed by atoms with Crippen molar-refractivity contribution >= 4 is 11.9 Å². The van der Waals surface area contributed by atoms with Crippen LogP contribution in [-0.4, -0.2) is 23.0 Å². The molecule has 1 amide bonds. The van der Waals surface area contributed by atoms with Crippen LogP contribution in [0.15, 0.2) is 18.2 Å². The third-order valence-electron chi connectivity index (χ3n) is 3.95. The van der Waals surface area contributed by atoms with Crippen molar-refractivity contribution in [1.82, 2.24) is 5.32 Å². The van der Waals surface area contributed by atoms with Crippen LogP contribution in [0.2, 0.25) is 0 Å². The molecule has 114 valence electrons. The Morgan fingerprint density at radius 2 is 2.05 bits per heavy atom. The van der Waals surface area contributed by atoms with Crippen LogP contribution in [0.3, 0.4) is 0 Å². The van der Waals surface area contributed by atoms with Crippen molar-refractivity contribution in [1.29, 1.82) is 0 Å². The Morgan fingerprint density at radius 3 is 2.52 bits per heavy atom. The summed E-state index contributed by atoms with van der Waals surface area (Å²) in [6.07, 6.45) is 1.52. The number of carbonyl (C=O) groups excluding carboxylic acids is 1. The van der Waals surface area contributed by atoms with Crippen LogP contribution in [0.4, 0.5) is 8.78 Å². The van der Waals surface area contributed by atoms with Crippen molar-refractivity contribution < 1.29 is 23.5 Å². The second kappa shape index (κ2) is 5.79. The Hall–Kier alpha value is -1.98. The van der Waals surface area contributed by atoms with Crippen LogP contribution in [0.25, 0.3) is 0 Å². The van der Waals surface area contributed by atoms with Gasteiger partial charge in [-0.05, 0) is 25.8 Å². The molecule has 1 aliphatic rings. The molecule has 1 aliphatic carbocycles. The molecule has 0 saturated heterocycles. The fourth-order valence-corrected chi connectivity index (χ4v) is 2.70. The number of amides is 1. The van der Waals surface area contributed by atoms with Gasteiger partial charge in [0, 0.05) is 17.7 Å². The molecule has 4 nitrogen and oxygen atoms in total. The second-order valence-corrected chi connectivity index (χ2v) is 5.53. The maximum atomic E-state index is 14.0. The highest BCUT2D eigenvalue weighted by Crippen LogP contribution is 2.45. The summed E-state index contributed by atoms with van der Waals surface area (Å²) in [5.74, 6) is -2.84. The third-order valence-corrected chi connectivity index (χ3v) is 3.95. The molecular weight excluding hydrogens is 280 g/mol. The molecule has 0 aliphatic heterocycles. The SMILES string of the molecule is CC(CC(=O)O)NC(=O)C1(c2ccc(F)cc2F)CCC1. The molecule has 2 rings (SSSR count). The molecule has 1 atom stereocenters. The van der Waals surface area contributed by atoms with Gasteiger partial charge in [-0.15, -0.1) is 0 Å². The summed E-state index contributed by atoms with van der Waals surface area (Å²) in [4.78, 5) is 23.0. The van der Waals surface area contributed by atoms with Gasteiger partial charge in [-0.1, -0.05) is 12.5 Å². The molecule has 6 heteroatoms. The van der Waals surface area contributed by atoms with Crippen molar-refractivity contribution in [2.45, 2.75) is 44.1 Å². The van der Waals surface area contributed by atoms with E-state index in [-0.39, 0.29) is 12.0 Å². The average Bonchev–Trinajstić information content (AvgIpc) is 2.28. The molecule has 21 heavy (non-hydrogen) atoms. The Bertz CT molecular complexity index is 570. The van der Waals surface area contributed by atoms with Crippen molar-refractivity contribution in [2.75, 3.05) is 0 Å². The third kappa shape index (κ3) is 3.04. The van der Waals surface area contributed by atoms with E-state index < -0.39 is 35.0 Å². The zero-order valence-electron chi connectivity index (χ0n) is 11.7. The lowest BCUT2D eigenvalue weighted by Crippen LogP contribution is -2.52. The highest BCUT2D eigenvalue weighted by atomic mass is 19.1. The van der Waals surface area contributed by atoms with E-state index >= 15 is 0 Å². The minimum absolute atomic E-state index is 0.176. The number of carbonyl (C=O) groups is 2. The van der Waals surface area contributed by atoms with Gasteiger partial charge in [0.15, 0.2) is 0 Å². The predicted octanol–water partition coefficient (Wildman–Crippen LogP) is 2.37. The van der Waals surface area contributed by atoms with Crippen LogP contribution in [0, 0.1) is 11.6 Å². The minimum atomic E-state index is -1.02. The number of hydrogen-bond donors (Lipinski definition) is 2. The standard InChI is InChI=1S/C15H17F2NO3/c1-9(7-13(19)20)18-14(21)15(5-2-6-15)11-4-3-10(16)8-12(11)17/h3-4,8-9H,2,5-7H2,1H3,(H,18,21)(H,19,20). The van der Waals surface area contributed by atoms with Gasteiger partial charge in [0.05, 0.1) is 11.8 Å². The lowest BCUT2D eigenvalue weighted by molar-refractivity contribution is -0.138. The first-order valence-corrected chi connectivity index (χ1v) is 6.83. The maximum absolute atomic E-state index is 14.0. The molecule has 1 aromatic carbocycles. The van der Waals surface area contributed by atoms with Crippen LogP contribution in [0.5, 0.6) is 0 Å². The lowest BCUT2D eigenvalue weighted by atomic mass is 9.63. The van der Waals surface area contributed by atoms with E-state index in [0.717, 1.165) is 18.6 Å². The summed E-state index contributed by atoms with van der Waals surface area (Å²) in [5, 5.41) is 11.3. The number of rotatable bonds is 5. The monoisotopic (exact) mass is 297 g/mol. The number of aliphatic carboxylic acids is 1. The van der Waals surface area contributed by atoms with Crippen molar-refractivity contribution in [2.24, 2.45) is 0 Å². The highest BCUT2D eigenvalue weighted by Gasteiger charge is 2.47. The molecule has 1 unspecified atom stereocenters. The van der Waals surface area contributed by atoms with Crippen molar-refractivity contribution in [3.05, 3.63) is 35.4 Å². The average molecular weight is 297 g/mol. The molecule has 1 saturated carbocycles. The zero-order chi connectivity index (χ0) is 15.6. The molecule has 1 fully saturated rings. The van der Waals surface area contributed by atoms with E-state index in [9.17, 15) is 18.4 Å². The molecule has 2 N–H and O–H groups in total. The van der Waals surface area contributed by atoms with E-state index in [1.165, 1.54) is 6.07 Å². The zero-order valence-corrected chi connectivity index (χ0v) is 11.7. The number of benzene rings is 1. The van der Waals surface area contributed by atoms with Crippen LogP contribution >= 0.6 is 0 Å². The molecule has 0 spiro atoms. The van der Waals surface area contributed by atoms with Gasteiger partial charge in [-0.2, -0.15) is 0 Å². The van der Waals surface area contributed by atoms with Gasteiger partial charge in [-0.3, -0.25) is 9.59 Å². The number of hydrogen-bond acceptors (Lipinski definition) is 2. The number of halogens is 2. The van der Waals surface area contributed by atoms with Crippen LogP contribution in [-0.2, 0) is 15.0 Å². The van der Waals surface area contributed by atoms with E-state index in [1.54, 1.807) is 6.92 Å². The van der Waals surface area contributed by atoms with E-state index in [1.807, 2.05) is 0 Å². The van der Waals surface area contributed by atoms with E-state index in [4.69, 9.17) is 5.11 Å². The number of carboxylic acids is 1. The Balaban J connectivity index is 2.21. The Morgan fingerprint density at radius 1 is 1.38 bits per heavy atom. The number of nitrogens with one attached hydrogen (secondary N) is 1. The minimum Gasteiger partial charge on any atom is -0.481 e. The quantitative estimate of drug-likeness (QED) is 0.877. The first kappa shape index (κ1) is 15.4. The first-order chi connectivity index (χ1) is 9.85. The molecule has 0 bridgehead atoms. The van der Waals surface area contributed by atoms with Gasteiger partial charge in [0.2, 0.25) is 5.91 Å². The van der Waals surface area contributed by atoms with Gasteiger partial charge in [0.25, 0.3) is 0 Å². The largest absolute Gasteiger partial charge is 0.481 e.